The van der Waals surface area contributed by atoms with E-state index in [9.17, 15) is 4.79 Å². The molecule has 2 aromatic heterocycles. The molecular weight excluding hydrogens is 246 g/mol. The molecular formula is C12H17N5O2. The summed E-state index contributed by atoms with van der Waals surface area (Å²) in [6, 6.07) is 0.151. The van der Waals surface area contributed by atoms with Gasteiger partial charge < -0.3 is 10.5 Å². The maximum atomic E-state index is 12.5. The van der Waals surface area contributed by atoms with Crippen LogP contribution in [0.4, 0.5) is 0 Å². The summed E-state index contributed by atoms with van der Waals surface area (Å²) in [6.07, 6.45) is 4.83. The molecule has 3 rings (SSSR count). The second-order valence-corrected chi connectivity index (χ2v) is 4.67. The van der Waals surface area contributed by atoms with E-state index in [4.69, 9.17) is 10.5 Å². The summed E-state index contributed by atoms with van der Waals surface area (Å²) in [6.45, 7) is 2.28. The zero-order valence-electron chi connectivity index (χ0n) is 10.7. The van der Waals surface area contributed by atoms with Crippen LogP contribution in [0.25, 0.3) is 11.2 Å². The molecule has 1 fully saturated rings. The van der Waals surface area contributed by atoms with Gasteiger partial charge in [-0.05, 0) is 12.8 Å². The van der Waals surface area contributed by atoms with Crippen LogP contribution in [-0.2, 0) is 11.3 Å². The quantitative estimate of drug-likeness (QED) is 0.835. The lowest BCUT2D eigenvalue weighted by atomic mass is 10.1. The van der Waals surface area contributed by atoms with Crippen LogP contribution in [0.2, 0.25) is 0 Å². The van der Waals surface area contributed by atoms with Gasteiger partial charge in [0.05, 0.1) is 6.20 Å². The predicted molar refractivity (Wildman–Crippen MR) is 69.9 cm³/mol. The summed E-state index contributed by atoms with van der Waals surface area (Å²) in [4.78, 5) is 20.8. The first kappa shape index (κ1) is 12.3. The molecule has 1 aliphatic heterocycles. The highest BCUT2D eigenvalue weighted by Gasteiger charge is 2.23. The van der Waals surface area contributed by atoms with E-state index < -0.39 is 0 Å². The first-order chi connectivity index (χ1) is 9.33. The van der Waals surface area contributed by atoms with Gasteiger partial charge in [-0.15, -0.1) is 0 Å². The van der Waals surface area contributed by atoms with E-state index in [1.807, 2.05) is 0 Å². The lowest BCUT2D eigenvalue weighted by molar-refractivity contribution is 0.0694. The van der Waals surface area contributed by atoms with Crippen molar-refractivity contribution in [3.05, 3.63) is 23.0 Å². The molecule has 0 aliphatic carbocycles. The van der Waals surface area contributed by atoms with Gasteiger partial charge >= 0.3 is 5.69 Å². The molecule has 1 saturated heterocycles. The number of nitrogens with two attached hydrogens (primary N) is 1. The largest absolute Gasteiger partial charge is 0.381 e. The Morgan fingerprint density at radius 3 is 2.95 bits per heavy atom. The first-order valence-electron chi connectivity index (χ1n) is 6.51. The minimum absolute atomic E-state index is 0.0483. The molecule has 2 N–H and O–H groups in total. The maximum absolute atomic E-state index is 12.5. The topological polar surface area (TPSA) is 88.0 Å². The minimum atomic E-state index is -0.0483. The van der Waals surface area contributed by atoms with Crippen LogP contribution in [-0.4, -0.2) is 38.9 Å². The molecule has 0 amide bonds. The van der Waals surface area contributed by atoms with Crippen molar-refractivity contribution in [3.63, 3.8) is 0 Å². The average Bonchev–Trinajstić information content (AvgIpc) is 2.73. The van der Waals surface area contributed by atoms with Crippen molar-refractivity contribution in [1.82, 2.24) is 19.1 Å². The average molecular weight is 263 g/mol. The summed E-state index contributed by atoms with van der Waals surface area (Å²) in [5, 5.41) is 0. The van der Waals surface area contributed by atoms with Crippen LogP contribution in [0, 0.1) is 0 Å². The van der Waals surface area contributed by atoms with Gasteiger partial charge in [0.15, 0.2) is 5.65 Å². The molecule has 102 valence electrons. The van der Waals surface area contributed by atoms with E-state index >= 15 is 0 Å². The Morgan fingerprint density at radius 1 is 1.42 bits per heavy atom. The smallest absolute Gasteiger partial charge is 0.330 e. The number of ether oxygens (including phenoxy) is 1. The fourth-order valence-corrected chi connectivity index (χ4v) is 2.63. The minimum Gasteiger partial charge on any atom is -0.381 e. The van der Waals surface area contributed by atoms with Crippen LogP contribution in [0.1, 0.15) is 18.9 Å². The molecule has 0 saturated carbocycles. The van der Waals surface area contributed by atoms with Gasteiger partial charge in [-0.1, -0.05) is 0 Å². The van der Waals surface area contributed by atoms with Gasteiger partial charge in [0.25, 0.3) is 0 Å². The molecule has 3 heterocycles. The summed E-state index contributed by atoms with van der Waals surface area (Å²) >= 11 is 0. The second-order valence-electron chi connectivity index (χ2n) is 4.67. The highest BCUT2D eigenvalue weighted by molar-refractivity contribution is 5.70. The van der Waals surface area contributed by atoms with E-state index in [0.717, 1.165) is 18.4 Å². The molecule has 0 atom stereocenters. The van der Waals surface area contributed by atoms with Crippen molar-refractivity contribution in [2.24, 2.45) is 5.73 Å². The molecule has 0 radical (unpaired) electrons. The summed E-state index contributed by atoms with van der Waals surface area (Å²) in [5.41, 5.74) is 6.98. The Labute approximate surface area is 110 Å². The zero-order chi connectivity index (χ0) is 13.2. The van der Waals surface area contributed by atoms with Gasteiger partial charge in [-0.2, -0.15) is 0 Å². The van der Waals surface area contributed by atoms with Crippen molar-refractivity contribution < 1.29 is 4.74 Å². The second kappa shape index (κ2) is 5.10. The molecule has 0 aromatic carbocycles. The summed E-state index contributed by atoms with van der Waals surface area (Å²) in [5.74, 6) is 0. The number of hydrogen-bond acceptors (Lipinski definition) is 5. The fraction of sp³-hybridized carbons (Fsp3) is 0.583. The predicted octanol–water partition coefficient (Wildman–Crippen LogP) is -0.0968. The number of hydrogen-bond donors (Lipinski definition) is 1. The Bertz CT molecular complexity index is 627. The molecule has 7 heteroatoms. The van der Waals surface area contributed by atoms with Crippen molar-refractivity contribution in [3.8, 4) is 0 Å². The van der Waals surface area contributed by atoms with E-state index in [2.05, 4.69) is 9.97 Å². The molecule has 1 aliphatic rings. The number of rotatable bonds is 3. The molecule has 0 bridgehead atoms. The first-order valence-corrected chi connectivity index (χ1v) is 6.51. The van der Waals surface area contributed by atoms with Crippen LogP contribution in [0.3, 0.4) is 0 Å². The maximum Gasteiger partial charge on any atom is 0.330 e. The van der Waals surface area contributed by atoms with Crippen LogP contribution < -0.4 is 11.4 Å². The van der Waals surface area contributed by atoms with Gasteiger partial charge in [0.2, 0.25) is 0 Å². The third kappa shape index (κ3) is 2.04. The molecule has 7 nitrogen and oxygen atoms in total. The normalized spacial score (nSPS) is 17.1. The fourth-order valence-electron chi connectivity index (χ4n) is 2.63. The zero-order valence-corrected chi connectivity index (χ0v) is 10.7. The lowest BCUT2D eigenvalue weighted by Gasteiger charge is -2.22. The highest BCUT2D eigenvalue weighted by Crippen LogP contribution is 2.22. The Hall–Kier alpha value is -1.73. The van der Waals surface area contributed by atoms with Crippen molar-refractivity contribution in [1.29, 1.82) is 0 Å². The van der Waals surface area contributed by atoms with E-state index in [0.29, 0.717) is 32.0 Å². The number of nitrogens with zero attached hydrogens (tertiary/aromatic N) is 4. The third-order valence-corrected chi connectivity index (χ3v) is 3.54. The highest BCUT2D eigenvalue weighted by atomic mass is 16.5. The Balaban J connectivity index is 2.17. The van der Waals surface area contributed by atoms with E-state index in [1.54, 1.807) is 15.3 Å². The SMILES string of the molecule is NCCn1c(=O)n(C2CCOCC2)c2ncncc21. The number of imidazole rings is 1. The molecule has 0 unspecified atom stereocenters. The van der Waals surface area contributed by atoms with Crippen LogP contribution in [0.5, 0.6) is 0 Å². The van der Waals surface area contributed by atoms with E-state index in [-0.39, 0.29) is 11.7 Å². The standard InChI is InChI=1S/C12H17N5O2/c13-3-4-16-10-7-14-8-15-11(10)17(12(16)18)9-1-5-19-6-2-9/h7-9H,1-6,13H2. The van der Waals surface area contributed by atoms with Crippen molar-refractivity contribution in [2.75, 3.05) is 19.8 Å². The number of aromatic nitrogens is 4. The third-order valence-electron chi connectivity index (χ3n) is 3.54. The molecule has 2 aromatic rings. The van der Waals surface area contributed by atoms with Crippen LogP contribution in [0.15, 0.2) is 17.3 Å². The Kier molecular flexibility index (Phi) is 3.31. The molecule has 0 spiro atoms. The van der Waals surface area contributed by atoms with Crippen molar-refractivity contribution >= 4 is 11.2 Å². The van der Waals surface area contributed by atoms with Gasteiger partial charge in [0, 0.05) is 32.3 Å². The van der Waals surface area contributed by atoms with Gasteiger partial charge in [-0.25, -0.2) is 14.8 Å². The lowest BCUT2D eigenvalue weighted by Crippen LogP contribution is -2.32. The monoisotopic (exact) mass is 263 g/mol. The van der Waals surface area contributed by atoms with Crippen molar-refractivity contribution in [2.45, 2.75) is 25.4 Å². The van der Waals surface area contributed by atoms with Crippen LogP contribution >= 0.6 is 0 Å². The summed E-state index contributed by atoms with van der Waals surface area (Å²) in [7, 11) is 0. The van der Waals surface area contributed by atoms with Gasteiger partial charge in [-0.3, -0.25) is 9.13 Å². The molecule has 19 heavy (non-hydrogen) atoms. The van der Waals surface area contributed by atoms with Gasteiger partial charge in [0.1, 0.15) is 11.8 Å². The Morgan fingerprint density at radius 2 is 2.21 bits per heavy atom. The number of fused-ring (bicyclic) bond motifs is 1. The van der Waals surface area contributed by atoms with E-state index in [1.165, 1.54) is 6.33 Å². The summed E-state index contributed by atoms with van der Waals surface area (Å²) < 4.78 is 8.78.